The number of piperidine rings is 1. The first-order chi connectivity index (χ1) is 17.7. The van der Waals surface area contributed by atoms with Crippen LogP contribution in [-0.4, -0.2) is 79.6 Å². The molecule has 12 heteroatoms. The molecule has 1 aromatic carbocycles. The fourth-order valence-corrected chi connectivity index (χ4v) is 7.73. The summed E-state index contributed by atoms with van der Waals surface area (Å²) in [5.74, 6) is -1.52. The van der Waals surface area contributed by atoms with E-state index in [2.05, 4.69) is 11.4 Å². The lowest BCUT2D eigenvalue weighted by molar-refractivity contribution is -0.142. The Morgan fingerprint density at radius 1 is 1.11 bits per heavy atom. The summed E-state index contributed by atoms with van der Waals surface area (Å²) in [6.07, 6.45) is 3.66. The van der Waals surface area contributed by atoms with Gasteiger partial charge in [0.15, 0.2) is 11.6 Å². The van der Waals surface area contributed by atoms with Crippen molar-refractivity contribution in [3.63, 3.8) is 0 Å². The molecule has 0 radical (unpaired) electrons. The van der Waals surface area contributed by atoms with Crippen molar-refractivity contribution in [3.05, 3.63) is 29.1 Å². The summed E-state index contributed by atoms with van der Waals surface area (Å²) in [6, 6.07) is 4.27. The van der Waals surface area contributed by atoms with Crippen LogP contribution in [0.15, 0.2) is 12.1 Å². The maximum atomic E-state index is 14.1. The summed E-state index contributed by atoms with van der Waals surface area (Å²) in [5, 5.41) is 12.0. The first kappa shape index (κ1) is 25.9. The first-order valence-electron chi connectivity index (χ1n) is 12.8. The van der Waals surface area contributed by atoms with Crippen LogP contribution >= 0.6 is 0 Å². The lowest BCUT2D eigenvalue weighted by Crippen LogP contribution is -2.57. The number of nitriles is 1. The highest BCUT2D eigenvalue weighted by Gasteiger charge is 2.44. The molecule has 1 N–H and O–H groups in total. The molecule has 0 saturated carbocycles. The highest BCUT2D eigenvalue weighted by Crippen LogP contribution is 2.36. The van der Waals surface area contributed by atoms with Gasteiger partial charge in [-0.1, -0.05) is 0 Å². The van der Waals surface area contributed by atoms with E-state index in [0.717, 1.165) is 11.1 Å². The number of nitrogens with zero attached hydrogens (tertiary/aromatic N) is 4. The van der Waals surface area contributed by atoms with Gasteiger partial charge in [0.2, 0.25) is 11.8 Å². The second kappa shape index (κ2) is 10.2. The van der Waals surface area contributed by atoms with Crippen LogP contribution < -0.4 is 10.1 Å². The number of nitrogens with one attached hydrogen (secondary N) is 1. The van der Waals surface area contributed by atoms with Crippen LogP contribution in [0.25, 0.3) is 0 Å². The Balaban J connectivity index is 1.23. The maximum Gasteiger partial charge on any atom is 0.282 e. The number of likely N-dealkylation sites (tertiary alicyclic amines) is 1. The van der Waals surface area contributed by atoms with Gasteiger partial charge in [-0.3, -0.25) is 9.59 Å². The minimum atomic E-state index is -3.71. The lowest BCUT2D eigenvalue weighted by Gasteiger charge is -2.41. The van der Waals surface area contributed by atoms with Crippen molar-refractivity contribution >= 4 is 22.0 Å². The fourth-order valence-electron chi connectivity index (χ4n) is 5.94. The molecular weight excluding hydrogens is 501 g/mol. The van der Waals surface area contributed by atoms with Crippen molar-refractivity contribution in [1.82, 2.24) is 18.8 Å². The van der Waals surface area contributed by atoms with Gasteiger partial charge < -0.3 is 15.0 Å². The number of carbonyl (C=O) groups excluding carboxylic acids is 2. The van der Waals surface area contributed by atoms with Crippen LogP contribution in [0.4, 0.5) is 4.39 Å². The number of ether oxygens (including phenoxy) is 1. The Labute approximate surface area is 216 Å². The Morgan fingerprint density at radius 3 is 2.59 bits per heavy atom. The molecule has 0 unspecified atom stereocenters. The molecule has 4 aliphatic rings. The Hall–Kier alpha value is -2.75. The molecule has 2 amide bonds. The molecule has 3 heterocycles. The quantitative estimate of drug-likeness (QED) is 0.589. The number of hydrogen-bond donors (Lipinski definition) is 1. The van der Waals surface area contributed by atoms with Crippen molar-refractivity contribution in [3.8, 4) is 11.8 Å². The second-order valence-corrected chi connectivity index (χ2v) is 12.3. The van der Waals surface area contributed by atoms with Gasteiger partial charge in [-0.05, 0) is 61.8 Å². The van der Waals surface area contributed by atoms with Gasteiger partial charge >= 0.3 is 0 Å². The number of rotatable bonds is 6. The summed E-state index contributed by atoms with van der Waals surface area (Å²) in [4.78, 5) is 28.4. The zero-order valence-corrected chi connectivity index (χ0v) is 21.7. The molecule has 37 heavy (non-hydrogen) atoms. The average Bonchev–Trinajstić information content (AvgIpc) is 3.49. The number of carbonyl (C=O) groups is 2. The largest absolute Gasteiger partial charge is 0.494 e. The highest BCUT2D eigenvalue weighted by molar-refractivity contribution is 7.86. The number of benzene rings is 1. The molecule has 1 aromatic rings. The summed E-state index contributed by atoms with van der Waals surface area (Å²) in [7, 11) is -2.31. The van der Waals surface area contributed by atoms with E-state index in [9.17, 15) is 22.4 Å². The van der Waals surface area contributed by atoms with E-state index in [4.69, 9.17) is 10.00 Å². The third-order valence-electron chi connectivity index (χ3n) is 8.06. The predicted molar refractivity (Wildman–Crippen MR) is 131 cm³/mol. The minimum absolute atomic E-state index is 0.0844. The number of fused-ring (bicyclic) bond motifs is 1. The average molecular weight is 534 g/mol. The standard InChI is InChI=1S/C25H32FN5O5S/c1-36-23-11-19-17(10-20(23)26)6-7-21(19)28-24(32)22-5-3-9-31(22)25(33)18-4-2-8-29(15-18)37(34,35)30-13-16(12-27)14-30/h10-11,16,18,21-22H,2-9,13-15H2,1H3,(H,28,32)/t18-,21+,22+/m0/s1. The Bertz CT molecular complexity index is 1230. The van der Waals surface area contributed by atoms with E-state index in [1.54, 1.807) is 11.0 Å². The molecule has 0 bridgehead atoms. The zero-order chi connectivity index (χ0) is 26.3. The van der Waals surface area contributed by atoms with Crippen molar-refractivity contribution in [1.29, 1.82) is 5.26 Å². The van der Waals surface area contributed by atoms with Gasteiger partial charge in [-0.25, -0.2) is 4.39 Å². The first-order valence-corrected chi connectivity index (χ1v) is 14.2. The van der Waals surface area contributed by atoms with Gasteiger partial charge in [0.1, 0.15) is 6.04 Å². The third kappa shape index (κ3) is 4.80. The highest BCUT2D eigenvalue weighted by atomic mass is 32.2. The molecule has 200 valence electrons. The Morgan fingerprint density at radius 2 is 1.86 bits per heavy atom. The topological polar surface area (TPSA) is 123 Å². The SMILES string of the molecule is COc1cc2c(cc1F)CC[C@H]2NC(=O)[C@H]1CCCN1C(=O)[C@H]1CCCN(S(=O)(=O)N2CC(C#N)C2)C1. The smallest absolute Gasteiger partial charge is 0.282 e. The molecule has 5 rings (SSSR count). The van der Waals surface area contributed by atoms with Crippen LogP contribution in [0.3, 0.4) is 0 Å². The number of hydrogen-bond acceptors (Lipinski definition) is 6. The molecule has 3 fully saturated rings. The van der Waals surface area contributed by atoms with Gasteiger partial charge in [-0.15, -0.1) is 0 Å². The summed E-state index contributed by atoms with van der Waals surface area (Å²) < 4.78 is 47.8. The summed E-state index contributed by atoms with van der Waals surface area (Å²) in [5.41, 5.74) is 1.68. The third-order valence-corrected chi connectivity index (χ3v) is 10.00. The predicted octanol–water partition coefficient (Wildman–Crippen LogP) is 1.34. The van der Waals surface area contributed by atoms with Crippen LogP contribution in [0.2, 0.25) is 0 Å². The van der Waals surface area contributed by atoms with Gasteiger partial charge in [0.25, 0.3) is 10.2 Å². The molecule has 10 nitrogen and oxygen atoms in total. The van der Waals surface area contributed by atoms with E-state index in [0.29, 0.717) is 51.6 Å². The van der Waals surface area contributed by atoms with Crippen molar-refractivity contribution in [2.45, 2.75) is 50.6 Å². The lowest BCUT2D eigenvalue weighted by atomic mass is 9.97. The van der Waals surface area contributed by atoms with Crippen LogP contribution in [0.5, 0.6) is 5.75 Å². The van der Waals surface area contributed by atoms with E-state index in [-0.39, 0.29) is 49.2 Å². The van der Waals surface area contributed by atoms with Crippen LogP contribution in [0, 0.1) is 29.0 Å². The number of methoxy groups -OCH3 is 1. The van der Waals surface area contributed by atoms with E-state index >= 15 is 0 Å². The Kier molecular flexibility index (Phi) is 7.13. The van der Waals surface area contributed by atoms with Crippen molar-refractivity contribution < 1.29 is 27.1 Å². The van der Waals surface area contributed by atoms with Gasteiger partial charge in [-0.2, -0.15) is 22.3 Å². The van der Waals surface area contributed by atoms with Crippen LogP contribution in [-0.2, 0) is 26.2 Å². The van der Waals surface area contributed by atoms with Gasteiger partial charge in [0, 0.05) is 32.7 Å². The normalized spacial score (nSPS) is 26.8. The van der Waals surface area contributed by atoms with E-state index in [1.807, 2.05) is 0 Å². The zero-order valence-electron chi connectivity index (χ0n) is 20.9. The van der Waals surface area contributed by atoms with Gasteiger partial charge in [0.05, 0.1) is 31.1 Å². The molecule has 3 atom stereocenters. The van der Waals surface area contributed by atoms with E-state index < -0.39 is 28.0 Å². The molecule has 3 aliphatic heterocycles. The number of aryl methyl sites for hydroxylation is 1. The molecule has 1 aliphatic carbocycles. The minimum Gasteiger partial charge on any atom is -0.494 e. The summed E-state index contributed by atoms with van der Waals surface area (Å²) in [6.45, 7) is 1.25. The fraction of sp³-hybridized carbons (Fsp3) is 0.640. The van der Waals surface area contributed by atoms with E-state index in [1.165, 1.54) is 21.8 Å². The van der Waals surface area contributed by atoms with Crippen molar-refractivity contribution in [2.75, 3.05) is 39.8 Å². The monoisotopic (exact) mass is 533 g/mol. The number of halogens is 1. The van der Waals surface area contributed by atoms with Crippen LogP contribution in [0.1, 0.15) is 49.3 Å². The molecule has 3 saturated heterocycles. The molecule has 0 spiro atoms. The van der Waals surface area contributed by atoms with Crippen molar-refractivity contribution in [2.24, 2.45) is 11.8 Å². The molecule has 0 aromatic heterocycles. The maximum absolute atomic E-state index is 14.1. The molecular formula is C25H32FN5O5S. The second-order valence-electron chi connectivity index (χ2n) is 10.3. The summed E-state index contributed by atoms with van der Waals surface area (Å²) >= 11 is 0. The number of amides is 2.